The Hall–Kier alpha value is -1.05. The standard InChI is InChI=1S/C11H17NO/c1-4-5-6-10-9(2)7-8-11(13)12(10)3/h5-6H,4,7-8H2,1-3H3/b6-5-. The maximum absolute atomic E-state index is 11.4. The Kier molecular flexibility index (Phi) is 3.29. The van der Waals surface area contributed by atoms with Gasteiger partial charge in [0.05, 0.1) is 0 Å². The molecule has 1 rings (SSSR count). The van der Waals surface area contributed by atoms with Crippen LogP contribution < -0.4 is 0 Å². The van der Waals surface area contributed by atoms with Crippen LogP contribution in [0, 0.1) is 0 Å². The Morgan fingerprint density at radius 2 is 2.15 bits per heavy atom. The van der Waals surface area contributed by atoms with Crippen molar-refractivity contribution in [3.8, 4) is 0 Å². The van der Waals surface area contributed by atoms with E-state index in [1.54, 1.807) is 4.90 Å². The summed E-state index contributed by atoms with van der Waals surface area (Å²) < 4.78 is 0. The molecule has 0 aliphatic carbocycles. The van der Waals surface area contributed by atoms with E-state index in [0.717, 1.165) is 18.5 Å². The largest absolute Gasteiger partial charge is 0.316 e. The van der Waals surface area contributed by atoms with Crippen LogP contribution in [-0.4, -0.2) is 17.9 Å². The van der Waals surface area contributed by atoms with E-state index in [1.807, 2.05) is 13.1 Å². The lowest BCUT2D eigenvalue weighted by Gasteiger charge is -2.25. The second-order valence-corrected chi connectivity index (χ2v) is 3.43. The summed E-state index contributed by atoms with van der Waals surface area (Å²) in [6.07, 6.45) is 6.72. The number of carbonyl (C=O) groups is 1. The zero-order chi connectivity index (χ0) is 9.84. The number of allylic oxidation sites excluding steroid dienone is 3. The Morgan fingerprint density at radius 3 is 2.77 bits per heavy atom. The van der Waals surface area contributed by atoms with Gasteiger partial charge in [-0.3, -0.25) is 4.79 Å². The molecule has 13 heavy (non-hydrogen) atoms. The van der Waals surface area contributed by atoms with Crippen molar-refractivity contribution in [3.05, 3.63) is 23.4 Å². The molecule has 0 spiro atoms. The van der Waals surface area contributed by atoms with Gasteiger partial charge in [0.2, 0.25) is 5.91 Å². The average Bonchev–Trinajstić information content (AvgIpc) is 2.12. The van der Waals surface area contributed by atoms with Crippen molar-refractivity contribution in [3.63, 3.8) is 0 Å². The number of hydrogen-bond acceptors (Lipinski definition) is 1. The molecule has 0 aromatic heterocycles. The van der Waals surface area contributed by atoms with Crippen LogP contribution in [0.5, 0.6) is 0 Å². The third kappa shape index (κ3) is 2.20. The molecule has 1 amide bonds. The highest BCUT2D eigenvalue weighted by atomic mass is 16.2. The number of carbonyl (C=O) groups excluding carboxylic acids is 1. The van der Waals surface area contributed by atoms with Gasteiger partial charge in [0.25, 0.3) is 0 Å². The van der Waals surface area contributed by atoms with Gasteiger partial charge >= 0.3 is 0 Å². The van der Waals surface area contributed by atoms with Crippen LogP contribution in [-0.2, 0) is 4.79 Å². The van der Waals surface area contributed by atoms with Gasteiger partial charge in [-0.2, -0.15) is 0 Å². The molecule has 2 heteroatoms. The molecular formula is C11H17NO. The molecule has 1 aliphatic heterocycles. The Bertz CT molecular complexity index is 263. The average molecular weight is 179 g/mol. The highest BCUT2D eigenvalue weighted by Crippen LogP contribution is 2.22. The fraction of sp³-hybridized carbons (Fsp3) is 0.545. The molecule has 0 atom stereocenters. The van der Waals surface area contributed by atoms with Crippen LogP contribution in [0.1, 0.15) is 33.1 Å². The summed E-state index contributed by atoms with van der Waals surface area (Å²) >= 11 is 0. The maximum Gasteiger partial charge on any atom is 0.227 e. The number of likely N-dealkylation sites (N-methyl/N-ethyl adjacent to an activating group) is 1. The summed E-state index contributed by atoms with van der Waals surface area (Å²) in [6.45, 7) is 4.19. The predicted octanol–water partition coefficient (Wildman–Crippen LogP) is 2.48. The summed E-state index contributed by atoms with van der Waals surface area (Å²) in [7, 11) is 1.85. The minimum absolute atomic E-state index is 0.223. The molecule has 0 aromatic rings. The molecule has 0 radical (unpaired) electrons. The van der Waals surface area contributed by atoms with Crippen molar-refractivity contribution in [1.29, 1.82) is 0 Å². The molecule has 1 heterocycles. The van der Waals surface area contributed by atoms with Gasteiger partial charge in [-0.05, 0) is 31.4 Å². The van der Waals surface area contributed by atoms with Crippen LogP contribution in [0.4, 0.5) is 0 Å². The quantitative estimate of drug-likeness (QED) is 0.637. The van der Waals surface area contributed by atoms with E-state index in [2.05, 4.69) is 19.9 Å². The summed E-state index contributed by atoms with van der Waals surface area (Å²) in [5.41, 5.74) is 2.39. The Balaban J connectivity index is 2.88. The Morgan fingerprint density at radius 1 is 1.46 bits per heavy atom. The number of amides is 1. The SMILES string of the molecule is CC/C=C\C1=C(C)CCC(=O)N1C. The monoisotopic (exact) mass is 179 g/mol. The van der Waals surface area contributed by atoms with E-state index >= 15 is 0 Å². The second kappa shape index (κ2) is 4.26. The fourth-order valence-corrected chi connectivity index (χ4v) is 1.49. The Labute approximate surface area is 79.9 Å². The minimum atomic E-state index is 0.223. The van der Waals surface area contributed by atoms with Crippen LogP contribution >= 0.6 is 0 Å². The predicted molar refractivity (Wildman–Crippen MR) is 54.1 cm³/mol. The smallest absolute Gasteiger partial charge is 0.227 e. The first kappa shape index (κ1) is 10.0. The van der Waals surface area contributed by atoms with Gasteiger partial charge in [-0.15, -0.1) is 0 Å². The summed E-state index contributed by atoms with van der Waals surface area (Å²) in [4.78, 5) is 13.1. The lowest BCUT2D eigenvalue weighted by Crippen LogP contribution is -2.29. The molecule has 0 aromatic carbocycles. The molecule has 0 bridgehead atoms. The third-order valence-corrected chi connectivity index (χ3v) is 2.40. The normalized spacial score (nSPS) is 19.0. The molecule has 0 saturated carbocycles. The van der Waals surface area contributed by atoms with Crippen molar-refractivity contribution in [2.75, 3.05) is 7.05 Å². The van der Waals surface area contributed by atoms with Gasteiger partial charge in [-0.25, -0.2) is 0 Å². The summed E-state index contributed by atoms with van der Waals surface area (Å²) in [5, 5.41) is 0. The highest BCUT2D eigenvalue weighted by Gasteiger charge is 2.18. The van der Waals surface area contributed by atoms with Crippen LogP contribution in [0.15, 0.2) is 23.4 Å². The molecule has 1 aliphatic rings. The molecule has 0 fully saturated rings. The molecule has 0 N–H and O–H groups in total. The number of nitrogens with zero attached hydrogens (tertiary/aromatic N) is 1. The van der Waals surface area contributed by atoms with E-state index in [4.69, 9.17) is 0 Å². The zero-order valence-electron chi connectivity index (χ0n) is 8.63. The highest BCUT2D eigenvalue weighted by molar-refractivity contribution is 5.80. The van der Waals surface area contributed by atoms with Crippen LogP contribution in [0.2, 0.25) is 0 Å². The molecule has 2 nitrogen and oxygen atoms in total. The molecule has 72 valence electrons. The van der Waals surface area contributed by atoms with Gasteiger partial charge in [-0.1, -0.05) is 13.0 Å². The van der Waals surface area contributed by atoms with Crippen molar-refractivity contribution in [1.82, 2.24) is 4.90 Å². The first-order valence-electron chi connectivity index (χ1n) is 4.79. The van der Waals surface area contributed by atoms with E-state index in [9.17, 15) is 4.79 Å². The van der Waals surface area contributed by atoms with Gasteiger partial charge in [0.1, 0.15) is 0 Å². The maximum atomic E-state index is 11.4. The van der Waals surface area contributed by atoms with Crippen LogP contribution in [0.3, 0.4) is 0 Å². The zero-order valence-corrected chi connectivity index (χ0v) is 8.63. The topological polar surface area (TPSA) is 20.3 Å². The molecular weight excluding hydrogens is 162 g/mol. The van der Waals surface area contributed by atoms with Gasteiger partial charge in [0.15, 0.2) is 0 Å². The van der Waals surface area contributed by atoms with Crippen molar-refractivity contribution >= 4 is 5.91 Å². The fourth-order valence-electron chi connectivity index (χ4n) is 1.49. The summed E-state index contributed by atoms with van der Waals surface area (Å²) in [5.74, 6) is 0.223. The third-order valence-electron chi connectivity index (χ3n) is 2.40. The van der Waals surface area contributed by atoms with E-state index in [1.165, 1.54) is 5.57 Å². The first-order chi connectivity index (χ1) is 6.16. The van der Waals surface area contributed by atoms with Gasteiger partial charge in [0, 0.05) is 19.2 Å². The number of hydrogen-bond donors (Lipinski definition) is 0. The molecule has 0 saturated heterocycles. The van der Waals surface area contributed by atoms with Gasteiger partial charge < -0.3 is 4.90 Å². The van der Waals surface area contributed by atoms with Crippen LogP contribution in [0.25, 0.3) is 0 Å². The van der Waals surface area contributed by atoms with E-state index in [0.29, 0.717) is 6.42 Å². The minimum Gasteiger partial charge on any atom is -0.316 e. The lowest BCUT2D eigenvalue weighted by atomic mass is 10.0. The van der Waals surface area contributed by atoms with Crippen molar-refractivity contribution < 1.29 is 4.79 Å². The lowest BCUT2D eigenvalue weighted by molar-refractivity contribution is -0.128. The summed E-state index contributed by atoms with van der Waals surface area (Å²) in [6, 6.07) is 0. The second-order valence-electron chi connectivity index (χ2n) is 3.43. The van der Waals surface area contributed by atoms with Crippen molar-refractivity contribution in [2.24, 2.45) is 0 Å². The van der Waals surface area contributed by atoms with Crippen molar-refractivity contribution in [2.45, 2.75) is 33.1 Å². The first-order valence-corrected chi connectivity index (χ1v) is 4.79. The molecule has 0 unspecified atom stereocenters. The number of rotatable bonds is 2. The van der Waals surface area contributed by atoms with E-state index < -0.39 is 0 Å². The van der Waals surface area contributed by atoms with E-state index in [-0.39, 0.29) is 5.91 Å².